The molecule has 9 heteroatoms. The Bertz CT molecular complexity index is 1270. The maximum atomic E-state index is 11.8. The highest BCUT2D eigenvalue weighted by Crippen LogP contribution is 2.35. The lowest BCUT2D eigenvalue weighted by Crippen LogP contribution is -2.18. The lowest BCUT2D eigenvalue weighted by atomic mass is 10.00. The Morgan fingerprint density at radius 2 is 1.89 bits per heavy atom. The monoisotopic (exact) mass is 524 g/mol. The molecule has 0 aliphatic carbocycles. The molecule has 1 aliphatic heterocycles. The fourth-order valence-corrected chi connectivity index (χ4v) is 4.66. The Morgan fingerprint density at radius 3 is 2.53 bits per heavy atom. The summed E-state index contributed by atoms with van der Waals surface area (Å²) < 4.78 is 0. The predicted molar refractivity (Wildman–Crippen MR) is 148 cm³/mol. The number of hydrogen-bond donors (Lipinski definition) is 3. The third-order valence-electron chi connectivity index (χ3n) is 5.40. The van der Waals surface area contributed by atoms with E-state index in [1.165, 1.54) is 17.4 Å². The molecule has 0 fully saturated rings. The van der Waals surface area contributed by atoms with E-state index < -0.39 is 0 Å². The Balaban J connectivity index is 0.000000207. The Morgan fingerprint density at radius 1 is 1.19 bits per heavy atom. The molecule has 4 rings (SSSR count). The summed E-state index contributed by atoms with van der Waals surface area (Å²) >= 11 is 7.53. The molecule has 2 heterocycles. The molecule has 0 spiro atoms. The highest BCUT2D eigenvalue weighted by molar-refractivity contribution is 7.17. The smallest absolute Gasteiger partial charge is 0.246 e. The number of fused-ring (bicyclic) bond motifs is 1. The van der Waals surface area contributed by atoms with Crippen LogP contribution >= 0.6 is 22.9 Å². The fraction of sp³-hybridized carbons (Fsp3) is 0.222. The van der Waals surface area contributed by atoms with Crippen molar-refractivity contribution >= 4 is 51.5 Å². The van der Waals surface area contributed by atoms with Gasteiger partial charge in [-0.1, -0.05) is 60.2 Å². The number of benzene rings is 2. The average molecular weight is 525 g/mol. The van der Waals surface area contributed by atoms with Crippen LogP contribution in [0.2, 0.25) is 5.02 Å². The first-order valence-electron chi connectivity index (χ1n) is 11.3. The first kappa shape index (κ1) is 27.3. The highest BCUT2D eigenvalue weighted by Gasteiger charge is 2.23. The third kappa shape index (κ3) is 7.60. The van der Waals surface area contributed by atoms with Crippen molar-refractivity contribution in [2.75, 3.05) is 18.5 Å². The summed E-state index contributed by atoms with van der Waals surface area (Å²) in [6.07, 6.45) is 3.76. The summed E-state index contributed by atoms with van der Waals surface area (Å²) in [4.78, 5) is 32.6. The summed E-state index contributed by atoms with van der Waals surface area (Å²) in [5, 5.41) is 7.25. The molecule has 0 atom stereocenters. The van der Waals surface area contributed by atoms with Crippen LogP contribution in [0.25, 0.3) is 6.08 Å². The molecule has 0 saturated heterocycles. The molecular weight excluding hydrogens is 496 g/mol. The van der Waals surface area contributed by atoms with E-state index in [2.05, 4.69) is 34.3 Å². The number of nitrogens with zero attached hydrogens (tertiary/aromatic N) is 1. The van der Waals surface area contributed by atoms with Crippen LogP contribution in [0.1, 0.15) is 39.6 Å². The molecule has 0 radical (unpaired) electrons. The summed E-state index contributed by atoms with van der Waals surface area (Å²) in [5.74, 6) is 4.80. The number of hydrogen-bond acceptors (Lipinski definition) is 6. The van der Waals surface area contributed by atoms with Crippen molar-refractivity contribution in [3.05, 3.63) is 92.3 Å². The molecule has 7 nitrogen and oxygen atoms in total. The molecule has 2 amide bonds. The maximum absolute atomic E-state index is 11.8. The molecule has 1 aliphatic rings. The molecule has 188 valence electrons. The van der Waals surface area contributed by atoms with Crippen LogP contribution in [0.3, 0.4) is 0 Å². The zero-order chi connectivity index (χ0) is 26.1. The van der Waals surface area contributed by atoms with E-state index in [4.69, 9.17) is 17.5 Å². The van der Waals surface area contributed by atoms with E-state index in [1.807, 2.05) is 60.7 Å². The van der Waals surface area contributed by atoms with Crippen LogP contribution < -0.4 is 16.5 Å². The number of anilines is 1. The molecule has 0 saturated carbocycles. The van der Waals surface area contributed by atoms with Crippen LogP contribution in [0.5, 0.6) is 0 Å². The molecule has 1 aromatic heterocycles. The standard InChI is InChI=1S/C15H13ClN2OS.C12H16N2O2/c1-8-9(2)20-15-13(8)14(17-7-12(19)18-15)10-3-5-11(16)6-4-10;1-10(15)14-9-12-6-4-11(5-7-12)3-2-8-16-13/h3-6H,7H2,1-2H3,(H,18,19);2-7H,8-9,13H2,1H3,(H,14,15)/b;3-2+. The van der Waals surface area contributed by atoms with Crippen LogP contribution in [-0.2, 0) is 21.0 Å². The average Bonchev–Trinajstić information content (AvgIpc) is 3.02. The molecular formula is C27H29ClN4O3S. The second-order valence-corrected chi connectivity index (χ2v) is 9.76. The Labute approximate surface area is 220 Å². The summed E-state index contributed by atoms with van der Waals surface area (Å²) in [7, 11) is 0. The number of rotatable bonds is 6. The minimum Gasteiger partial charge on any atom is -0.352 e. The second kappa shape index (κ2) is 13.1. The van der Waals surface area contributed by atoms with Gasteiger partial charge in [0.15, 0.2) is 0 Å². The summed E-state index contributed by atoms with van der Waals surface area (Å²) in [5.41, 5.74) is 6.18. The number of amides is 2. The second-order valence-electron chi connectivity index (χ2n) is 8.09. The van der Waals surface area contributed by atoms with Crippen LogP contribution in [0, 0.1) is 13.8 Å². The molecule has 0 bridgehead atoms. The number of aliphatic imine (C=N–C) groups is 1. The molecule has 36 heavy (non-hydrogen) atoms. The van der Waals surface area contributed by atoms with Gasteiger partial charge in [0.1, 0.15) is 11.5 Å². The van der Waals surface area contributed by atoms with E-state index in [1.54, 1.807) is 11.3 Å². The van der Waals surface area contributed by atoms with Crippen molar-refractivity contribution in [2.24, 2.45) is 10.9 Å². The fourth-order valence-electron chi connectivity index (χ4n) is 3.45. The van der Waals surface area contributed by atoms with Crippen molar-refractivity contribution < 1.29 is 14.4 Å². The van der Waals surface area contributed by atoms with Gasteiger partial charge in [0.2, 0.25) is 11.8 Å². The van der Waals surface area contributed by atoms with Gasteiger partial charge < -0.3 is 15.5 Å². The number of carbonyl (C=O) groups is 2. The van der Waals surface area contributed by atoms with E-state index in [9.17, 15) is 9.59 Å². The zero-order valence-electron chi connectivity index (χ0n) is 20.4. The quantitative estimate of drug-likeness (QED) is 0.393. The van der Waals surface area contributed by atoms with Crippen LogP contribution in [0.4, 0.5) is 5.00 Å². The van der Waals surface area contributed by atoms with Crippen molar-refractivity contribution in [3.63, 3.8) is 0 Å². The molecule has 4 N–H and O–H groups in total. The van der Waals surface area contributed by atoms with Gasteiger partial charge in [0, 0.05) is 34.5 Å². The zero-order valence-corrected chi connectivity index (χ0v) is 22.0. The number of nitrogens with two attached hydrogens (primary N) is 1. The number of aryl methyl sites for hydroxylation is 1. The van der Waals surface area contributed by atoms with Crippen LogP contribution in [-0.4, -0.2) is 30.7 Å². The van der Waals surface area contributed by atoms with Gasteiger partial charge in [-0.2, -0.15) is 0 Å². The normalized spacial score (nSPS) is 12.7. The lowest BCUT2D eigenvalue weighted by molar-refractivity contribution is -0.119. The number of thiophene rings is 1. The molecule has 2 aromatic carbocycles. The minimum atomic E-state index is -0.0727. The van der Waals surface area contributed by atoms with Gasteiger partial charge in [0.25, 0.3) is 0 Å². The largest absolute Gasteiger partial charge is 0.352 e. The minimum absolute atomic E-state index is 0.0240. The van der Waals surface area contributed by atoms with Gasteiger partial charge in [-0.25, -0.2) is 5.90 Å². The molecule has 3 aromatic rings. The first-order valence-corrected chi connectivity index (χ1v) is 12.5. The Hall–Kier alpha value is -3.30. The predicted octanol–water partition coefficient (Wildman–Crippen LogP) is 5.03. The van der Waals surface area contributed by atoms with E-state index in [0.29, 0.717) is 18.2 Å². The lowest BCUT2D eigenvalue weighted by Gasteiger charge is -2.07. The highest BCUT2D eigenvalue weighted by atomic mass is 35.5. The topological polar surface area (TPSA) is 106 Å². The number of nitrogens with one attached hydrogen (secondary N) is 2. The molecule has 0 unspecified atom stereocenters. The van der Waals surface area contributed by atoms with Crippen molar-refractivity contribution in [1.29, 1.82) is 0 Å². The van der Waals surface area contributed by atoms with Crippen molar-refractivity contribution in [3.8, 4) is 0 Å². The summed E-state index contributed by atoms with van der Waals surface area (Å²) in [6.45, 7) is 6.73. The van der Waals surface area contributed by atoms with Crippen molar-refractivity contribution in [1.82, 2.24) is 5.32 Å². The maximum Gasteiger partial charge on any atom is 0.246 e. The van der Waals surface area contributed by atoms with Gasteiger partial charge >= 0.3 is 0 Å². The van der Waals surface area contributed by atoms with Gasteiger partial charge in [0.05, 0.1) is 12.3 Å². The van der Waals surface area contributed by atoms with Gasteiger partial charge in [-0.05, 0) is 42.7 Å². The SMILES string of the molecule is CC(=O)NCc1ccc(/C=C/CON)cc1.Cc1sc2c(c1C)C(c1ccc(Cl)cc1)=NCC(=O)N2. The van der Waals surface area contributed by atoms with E-state index in [0.717, 1.165) is 33.0 Å². The van der Waals surface area contributed by atoms with E-state index >= 15 is 0 Å². The third-order valence-corrected chi connectivity index (χ3v) is 6.77. The number of halogens is 1. The first-order chi connectivity index (χ1) is 17.3. The van der Waals surface area contributed by atoms with Gasteiger partial charge in [-0.3, -0.25) is 14.6 Å². The Kier molecular flexibility index (Phi) is 9.95. The van der Waals surface area contributed by atoms with Crippen LogP contribution in [0.15, 0.2) is 59.6 Å². The van der Waals surface area contributed by atoms with Crippen molar-refractivity contribution in [2.45, 2.75) is 27.3 Å². The van der Waals surface area contributed by atoms with E-state index in [-0.39, 0.29) is 18.4 Å². The summed E-state index contributed by atoms with van der Waals surface area (Å²) in [6, 6.07) is 15.5. The van der Waals surface area contributed by atoms with Gasteiger partial charge in [-0.15, -0.1) is 11.3 Å². The number of carbonyl (C=O) groups excluding carboxylic acids is 2.